The van der Waals surface area contributed by atoms with E-state index in [0.29, 0.717) is 12.6 Å². The number of imidazole rings is 1. The summed E-state index contributed by atoms with van der Waals surface area (Å²) in [6, 6.07) is 8.82. The Morgan fingerprint density at radius 2 is 2.10 bits per heavy atom. The fourth-order valence-electron chi connectivity index (χ4n) is 2.33. The molecule has 1 fully saturated rings. The molecule has 1 aliphatic rings. The number of ether oxygens (including phenoxy) is 1. The highest BCUT2D eigenvalue weighted by Crippen LogP contribution is 2.35. The van der Waals surface area contributed by atoms with E-state index in [1.54, 1.807) is 0 Å². The van der Waals surface area contributed by atoms with Crippen molar-refractivity contribution in [2.45, 2.75) is 44.9 Å². The van der Waals surface area contributed by atoms with Crippen molar-refractivity contribution in [2.24, 2.45) is 5.73 Å². The Morgan fingerprint density at radius 1 is 1.35 bits per heavy atom. The van der Waals surface area contributed by atoms with Crippen molar-refractivity contribution in [3.63, 3.8) is 0 Å². The van der Waals surface area contributed by atoms with Crippen LogP contribution in [0.5, 0.6) is 5.75 Å². The van der Waals surface area contributed by atoms with Gasteiger partial charge in [-0.15, -0.1) is 0 Å². The van der Waals surface area contributed by atoms with Crippen LogP contribution in [0.1, 0.15) is 49.5 Å². The van der Waals surface area contributed by atoms with Gasteiger partial charge in [0.2, 0.25) is 0 Å². The maximum Gasteiger partial charge on any atom is 0.130 e. The van der Waals surface area contributed by atoms with Gasteiger partial charge in [-0.05, 0) is 37.0 Å². The van der Waals surface area contributed by atoms with Crippen molar-refractivity contribution in [3.8, 4) is 5.75 Å². The van der Waals surface area contributed by atoms with E-state index in [1.807, 2.05) is 36.8 Å². The van der Waals surface area contributed by atoms with Gasteiger partial charge in [-0.3, -0.25) is 0 Å². The van der Waals surface area contributed by atoms with Gasteiger partial charge in [0.25, 0.3) is 0 Å². The van der Waals surface area contributed by atoms with Gasteiger partial charge >= 0.3 is 0 Å². The van der Waals surface area contributed by atoms with Crippen LogP contribution in [0.25, 0.3) is 0 Å². The summed E-state index contributed by atoms with van der Waals surface area (Å²) in [5, 5.41) is 0. The van der Waals surface area contributed by atoms with Crippen molar-refractivity contribution in [3.05, 3.63) is 48.0 Å². The Bertz CT molecular complexity index is 557. The zero-order valence-electron chi connectivity index (χ0n) is 11.8. The Labute approximate surface area is 119 Å². The van der Waals surface area contributed by atoms with Crippen LogP contribution in [0.15, 0.2) is 36.8 Å². The van der Waals surface area contributed by atoms with Gasteiger partial charge in [0.15, 0.2) is 0 Å². The first-order valence-electron chi connectivity index (χ1n) is 7.27. The van der Waals surface area contributed by atoms with Gasteiger partial charge in [-0.1, -0.05) is 19.1 Å². The van der Waals surface area contributed by atoms with Crippen molar-refractivity contribution < 1.29 is 4.74 Å². The van der Waals surface area contributed by atoms with Crippen LogP contribution in [-0.2, 0) is 6.61 Å². The molecule has 0 saturated heterocycles. The molecule has 1 aliphatic carbocycles. The predicted octanol–water partition coefficient (Wildman–Crippen LogP) is 3.21. The van der Waals surface area contributed by atoms with E-state index in [0.717, 1.165) is 23.4 Å². The molecule has 0 aliphatic heterocycles. The minimum absolute atomic E-state index is 0.111. The molecule has 0 radical (unpaired) electrons. The number of nitrogens with two attached hydrogens (primary N) is 1. The summed E-state index contributed by atoms with van der Waals surface area (Å²) in [6.07, 6.45) is 7.25. The molecule has 2 N–H and O–H groups in total. The number of rotatable bonds is 6. The number of hydrogen-bond acceptors (Lipinski definition) is 3. The lowest BCUT2D eigenvalue weighted by Crippen LogP contribution is -2.08. The van der Waals surface area contributed by atoms with Gasteiger partial charge in [0.1, 0.15) is 12.4 Å². The van der Waals surface area contributed by atoms with Crippen molar-refractivity contribution in [2.75, 3.05) is 0 Å². The van der Waals surface area contributed by atoms with Crippen LogP contribution in [-0.4, -0.2) is 9.55 Å². The van der Waals surface area contributed by atoms with Crippen molar-refractivity contribution in [1.82, 2.24) is 9.55 Å². The molecule has 20 heavy (non-hydrogen) atoms. The molecule has 1 aromatic carbocycles. The standard InChI is InChI=1S/C16H21N3O/c1-2-16(17)12-3-7-15(8-4-12)20-10-14-9-18-11-19(14)13-5-6-13/h3-4,7-9,11,13,16H,2,5-6,10,17H2,1H3/t16-/m1/s1. The van der Waals surface area contributed by atoms with E-state index in [1.165, 1.54) is 12.8 Å². The van der Waals surface area contributed by atoms with Crippen molar-refractivity contribution >= 4 is 0 Å². The zero-order chi connectivity index (χ0) is 13.9. The topological polar surface area (TPSA) is 53.1 Å². The summed E-state index contributed by atoms with van der Waals surface area (Å²) in [5.74, 6) is 0.876. The normalized spacial score (nSPS) is 16.1. The van der Waals surface area contributed by atoms with Crippen LogP contribution < -0.4 is 10.5 Å². The molecule has 0 bridgehead atoms. The summed E-state index contributed by atoms with van der Waals surface area (Å²) >= 11 is 0. The smallest absolute Gasteiger partial charge is 0.130 e. The highest BCUT2D eigenvalue weighted by molar-refractivity contribution is 5.29. The lowest BCUT2D eigenvalue weighted by molar-refractivity contribution is 0.294. The Morgan fingerprint density at radius 3 is 2.75 bits per heavy atom. The minimum atomic E-state index is 0.111. The van der Waals surface area contributed by atoms with Gasteiger partial charge in [0.05, 0.1) is 18.2 Å². The minimum Gasteiger partial charge on any atom is -0.487 e. The van der Waals surface area contributed by atoms with Gasteiger partial charge in [-0.25, -0.2) is 4.98 Å². The SMILES string of the molecule is CC[C@@H](N)c1ccc(OCc2cncn2C2CC2)cc1. The number of benzene rings is 1. The van der Waals surface area contributed by atoms with Crippen LogP contribution in [0.3, 0.4) is 0 Å². The quantitative estimate of drug-likeness (QED) is 0.877. The van der Waals surface area contributed by atoms with E-state index in [-0.39, 0.29) is 6.04 Å². The molecule has 2 aromatic rings. The molecule has 0 unspecified atom stereocenters. The number of nitrogens with zero attached hydrogens (tertiary/aromatic N) is 2. The molecule has 1 saturated carbocycles. The monoisotopic (exact) mass is 271 g/mol. The fourth-order valence-corrected chi connectivity index (χ4v) is 2.33. The second kappa shape index (κ2) is 5.67. The first-order valence-corrected chi connectivity index (χ1v) is 7.27. The lowest BCUT2D eigenvalue weighted by Gasteiger charge is -2.11. The highest BCUT2D eigenvalue weighted by atomic mass is 16.5. The molecule has 1 heterocycles. The van der Waals surface area contributed by atoms with Gasteiger partial charge in [-0.2, -0.15) is 0 Å². The molecular weight excluding hydrogens is 250 g/mol. The molecule has 0 spiro atoms. The van der Waals surface area contributed by atoms with E-state index < -0.39 is 0 Å². The summed E-state index contributed by atoms with van der Waals surface area (Å²) < 4.78 is 8.06. The van der Waals surface area contributed by atoms with E-state index >= 15 is 0 Å². The Hall–Kier alpha value is -1.81. The number of hydrogen-bond donors (Lipinski definition) is 1. The van der Waals surface area contributed by atoms with Crippen molar-refractivity contribution in [1.29, 1.82) is 0 Å². The van der Waals surface area contributed by atoms with Crippen LogP contribution in [0.2, 0.25) is 0 Å². The maximum absolute atomic E-state index is 6.00. The van der Waals surface area contributed by atoms with Crippen LogP contribution in [0.4, 0.5) is 0 Å². The third-order valence-corrected chi connectivity index (χ3v) is 3.82. The van der Waals surface area contributed by atoms with Crippen LogP contribution >= 0.6 is 0 Å². The first kappa shape index (κ1) is 13.2. The van der Waals surface area contributed by atoms with E-state index in [9.17, 15) is 0 Å². The van der Waals surface area contributed by atoms with Gasteiger partial charge in [0, 0.05) is 12.1 Å². The van der Waals surface area contributed by atoms with E-state index in [4.69, 9.17) is 10.5 Å². The first-order chi connectivity index (χ1) is 9.78. The number of aromatic nitrogens is 2. The maximum atomic E-state index is 6.00. The Kier molecular flexibility index (Phi) is 3.74. The molecule has 106 valence electrons. The van der Waals surface area contributed by atoms with E-state index in [2.05, 4.69) is 16.5 Å². The average molecular weight is 271 g/mol. The van der Waals surface area contributed by atoms with Gasteiger partial charge < -0.3 is 15.0 Å². The molecule has 1 atom stereocenters. The summed E-state index contributed by atoms with van der Waals surface area (Å²) in [7, 11) is 0. The second-order valence-electron chi connectivity index (χ2n) is 5.40. The highest BCUT2D eigenvalue weighted by Gasteiger charge is 2.25. The fraction of sp³-hybridized carbons (Fsp3) is 0.438. The molecule has 0 amide bonds. The molecule has 4 heteroatoms. The molecular formula is C16H21N3O. The second-order valence-corrected chi connectivity index (χ2v) is 5.40. The third kappa shape index (κ3) is 2.85. The molecule has 4 nitrogen and oxygen atoms in total. The lowest BCUT2D eigenvalue weighted by atomic mass is 10.1. The van der Waals surface area contributed by atoms with Crippen LogP contribution in [0, 0.1) is 0 Å². The summed E-state index contributed by atoms with van der Waals surface area (Å²) in [5.41, 5.74) is 8.30. The summed E-state index contributed by atoms with van der Waals surface area (Å²) in [4.78, 5) is 4.21. The molecule has 3 rings (SSSR count). The molecule has 1 aromatic heterocycles. The largest absolute Gasteiger partial charge is 0.487 e. The third-order valence-electron chi connectivity index (χ3n) is 3.82. The zero-order valence-corrected chi connectivity index (χ0v) is 11.8. The average Bonchev–Trinajstić information content (AvgIpc) is 3.23. The summed E-state index contributed by atoms with van der Waals surface area (Å²) in [6.45, 7) is 2.66. The predicted molar refractivity (Wildman–Crippen MR) is 78.5 cm³/mol. The Balaban J connectivity index is 1.61.